The minimum Gasteiger partial charge on any atom is -0.497 e. The zero-order valence-corrected chi connectivity index (χ0v) is 14.2. The minimum atomic E-state index is -1.20. The Morgan fingerprint density at radius 2 is 1.92 bits per heavy atom. The number of rotatable bonds is 5. The SMILES string of the molecule is COc1ccc(C(O)C(=O)N(C)Cc2cnc3ccccc3c2)cc1. The molecule has 0 saturated heterocycles. The number of pyridine rings is 1. The molecular formula is C20H20N2O3. The molecule has 128 valence electrons. The molecule has 0 fully saturated rings. The molecule has 0 aliphatic heterocycles. The Morgan fingerprint density at radius 3 is 2.64 bits per heavy atom. The van der Waals surface area contributed by atoms with E-state index in [-0.39, 0.29) is 5.91 Å². The van der Waals surface area contributed by atoms with Crippen LogP contribution in [-0.2, 0) is 11.3 Å². The summed E-state index contributed by atoms with van der Waals surface area (Å²) in [5.41, 5.74) is 2.37. The Kier molecular flexibility index (Phi) is 4.95. The third-order valence-corrected chi connectivity index (χ3v) is 4.11. The Bertz CT molecular complexity index is 878. The van der Waals surface area contributed by atoms with Gasteiger partial charge in [0.05, 0.1) is 12.6 Å². The van der Waals surface area contributed by atoms with Gasteiger partial charge in [-0.3, -0.25) is 9.78 Å². The molecule has 2 aromatic carbocycles. The molecule has 5 nitrogen and oxygen atoms in total. The fourth-order valence-corrected chi connectivity index (χ4v) is 2.69. The first-order chi connectivity index (χ1) is 12.1. The van der Waals surface area contributed by atoms with E-state index in [0.29, 0.717) is 17.9 Å². The van der Waals surface area contributed by atoms with E-state index in [1.54, 1.807) is 44.6 Å². The maximum atomic E-state index is 12.5. The molecule has 0 saturated carbocycles. The number of aliphatic hydroxyl groups is 1. The highest BCUT2D eigenvalue weighted by molar-refractivity contribution is 5.82. The van der Waals surface area contributed by atoms with Crippen LogP contribution >= 0.6 is 0 Å². The van der Waals surface area contributed by atoms with Crippen molar-refractivity contribution in [2.45, 2.75) is 12.6 Å². The fourth-order valence-electron chi connectivity index (χ4n) is 2.69. The Hall–Kier alpha value is -2.92. The minimum absolute atomic E-state index is 0.363. The van der Waals surface area contributed by atoms with Crippen LogP contribution in [0.3, 0.4) is 0 Å². The molecule has 1 unspecified atom stereocenters. The van der Waals surface area contributed by atoms with Crippen LogP contribution in [0.5, 0.6) is 5.75 Å². The lowest BCUT2D eigenvalue weighted by Crippen LogP contribution is -2.31. The number of ether oxygens (including phenoxy) is 1. The van der Waals surface area contributed by atoms with E-state index in [4.69, 9.17) is 4.74 Å². The molecule has 1 N–H and O–H groups in total. The fraction of sp³-hybridized carbons (Fsp3) is 0.200. The highest BCUT2D eigenvalue weighted by Crippen LogP contribution is 2.20. The smallest absolute Gasteiger partial charge is 0.256 e. The van der Waals surface area contributed by atoms with E-state index in [1.807, 2.05) is 30.3 Å². The summed E-state index contributed by atoms with van der Waals surface area (Å²) < 4.78 is 5.09. The number of para-hydroxylation sites is 1. The van der Waals surface area contributed by atoms with Gasteiger partial charge in [0.1, 0.15) is 5.75 Å². The van der Waals surface area contributed by atoms with Gasteiger partial charge < -0.3 is 14.7 Å². The predicted molar refractivity (Wildman–Crippen MR) is 96.2 cm³/mol. The Balaban J connectivity index is 1.71. The van der Waals surface area contributed by atoms with Crippen molar-refractivity contribution in [1.82, 2.24) is 9.88 Å². The lowest BCUT2D eigenvalue weighted by Gasteiger charge is -2.21. The highest BCUT2D eigenvalue weighted by atomic mass is 16.5. The summed E-state index contributed by atoms with van der Waals surface area (Å²) in [6.45, 7) is 0.379. The van der Waals surface area contributed by atoms with E-state index >= 15 is 0 Å². The molecule has 0 aliphatic rings. The standard InChI is InChI=1S/C20H20N2O3/c1-22(13-14-11-16-5-3-4-6-18(16)21-12-14)20(24)19(23)15-7-9-17(25-2)10-8-15/h3-12,19,23H,13H2,1-2H3. The molecule has 0 spiro atoms. The van der Waals surface area contributed by atoms with Crippen LogP contribution in [0.4, 0.5) is 0 Å². The highest BCUT2D eigenvalue weighted by Gasteiger charge is 2.21. The summed E-state index contributed by atoms with van der Waals surface area (Å²) in [6.07, 6.45) is 0.551. The molecule has 3 aromatic rings. The van der Waals surface area contributed by atoms with Gasteiger partial charge >= 0.3 is 0 Å². The molecule has 3 rings (SSSR count). The summed E-state index contributed by atoms with van der Waals surface area (Å²) >= 11 is 0. The zero-order valence-electron chi connectivity index (χ0n) is 14.2. The van der Waals surface area contributed by atoms with Crippen LogP contribution in [0.2, 0.25) is 0 Å². The van der Waals surface area contributed by atoms with Crippen LogP contribution in [-0.4, -0.2) is 35.1 Å². The van der Waals surface area contributed by atoms with Gasteiger partial charge in [-0.15, -0.1) is 0 Å². The number of fused-ring (bicyclic) bond motifs is 1. The molecule has 0 bridgehead atoms. The van der Waals surface area contributed by atoms with Crippen molar-refractivity contribution >= 4 is 16.8 Å². The number of aromatic nitrogens is 1. The van der Waals surface area contributed by atoms with Gasteiger partial charge in [-0.25, -0.2) is 0 Å². The molecular weight excluding hydrogens is 316 g/mol. The van der Waals surface area contributed by atoms with Gasteiger partial charge in [-0.1, -0.05) is 30.3 Å². The number of aliphatic hydroxyl groups excluding tert-OH is 1. The van der Waals surface area contributed by atoms with Crippen molar-refractivity contribution < 1.29 is 14.6 Å². The zero-order chi connectivity index (χ0) is 17.8. The first kappa shape index (κ1) is 16.9. The van der Waals surface area contributed by atoms with E-state index in [2.05, 4.69) is 4.98 Å². The van der Waals surface area contributed by atoms with Crippen molar-refractivity contribution in [2.75, 3.05) is 14.2 Å². The molecule has 1 atom stereocenters. The number of carbonyl (C=O) groups excluding carboxylic acids is 1. The van der Waals surface area contributed by atoms with Crippen molar-refractivity contribution in [2.24, 2.45) is 0 Å². The van der Waals surface area contributed by atoms with Crippen LogP contribution in [0, 0.1) is 0 Å². The molecule has 1 heterocycles. The molecule has 1 amide bonds. The first-order valence-corrected chi connectivity index (χ1v) is 7.99. The maximum Gasteiger partial charge on any atom is 0.256 e. The second kappa shape index (κ2) is 7.32. The molecule has 0 radical (unpaired) electrons. The lowest BCUT2D eigenvalue weighted by molar-refractivity contribution is -0.139. The number of hydrogen-bond donors (Lipinski definition) is 1. The second-order valence-corrected chi connectivity index (χ2v) is 5.91. The number of carbonyl (C=O) groups is 1. The van der Waals surface area contributed by atoms with E-state index in [9.17, 15) is 9.90 Å². The molecule has 5 heteroatoms. The van der Waals surface area contributed by atoms with Gasteiger partial charge in [0, 0.05) is 25.2 Å². The normalized spacial score (nSPS) is 12.0. The van der Waals surface area contributed by atoms with Gasteiger partial charge in [0.25, 0.3) is 5.91 Å². The summed E-state index contributed by atoms with van der Waals surface area (Å²) in [5.74, 6) is 0.317. The number of hydrogen-bond acceptors (Lipinski definition) is 4. The summed E-state index contributed by atoms with van der Waals surface area (Å²) in [7, 11) is 3.24. The van der Waals surface area contributed by atoms with Gasteiger partial charge in [0.2, 0.25) is 0 Å². The Morgan fingerprint density at radius 1 is 1.20 bits per heavy atom. The largest absolute Gasteiger partial charge is 0.497 e. The second-order valence-electron chi connectivity index (χ2n) is 5.91. The third kappa shape index (κ3) is 3.78. The quantitative estimate of drug-likeness (QED) is 0.778. The average Bonchev–Trinajstić information content (AvgIpc) is 2.66. The van der Waals surface area contributed by atoms with Gasteiger partial charge in [-0.05, 0) is 35.4 Å². The number of benzene rings is 2. The van der Waals surface area contributed by atoms with Crippen LogP contribution in [0.25, 0.3) is 10.9 Å². The maximum absolute atomic E-state index is 12.5. The number of likely N-dealkylation sites (N-methyl/N-ethyl adjacent to an activating group) is 1. The predicted octanol–water partition coefficient (Wildman–Crippen LogP) is 2.94. The van der Waals surface area contributed by atoms with Gasteiger partial charge in [-0.2, -0.15) is 0 Å². The van der Waals surface area contributed by atoms with Crippen LogP contribution < -0.4 is 4.74 Å². The lowest BCUT2D eigenvalue weighted by atomic mass is 10.1. The van der Waals surface area contributed by atoms with Crippen molar-refractivity contribution in [3.05, 3.63) is 71.9 Å². The monoisotopic (exact) mass is 336 g/mol. The summed E-state index contributed by atoms with van der Waals surface area (Å²) in [6, 6.07) is 16.6. The molecule has 25 heavy (non-hydrogen) atoms. The van der Waals surface area contributed by atoms with E-state index in [1.165, 1.54) is 4.90 Å². The summed E-state index contributed by atoms with van der Waals surface area (Å²) in [5, 5.41) is 11.3. The molecule has 0 aliphatic carbocycles. The number of methoxy groups -OCH3 is 1. The van der Waals surface area contributed by atoms with Crippen molar-refractivity contribution in [1.29, 1.82) is 0 Å². The van der Waals surface area contributed by atoms with E-state index in [0.717, 1.165) is 16.5 Å². The Labute approximate surface area is 146 Å². The average molecular weight is 336 g/mol. The topological polar surface area (TPSA) is 62.7 Å². The van der Waals surface area contributed by atoms with Crippen molar-refractivity contribution in [3.8, 4) is 5.75 Å². The molecule has 1 aromatic heterocycles. The van der Waals surface area contributed by atoms with Crippen molar-refractivity contribution in [3.63, 3.8) is 0 Å². The first-order valence-electron chi connectivity index (χ1n) is 7.99. The van der Waals surface area contributed by atoms with Gasteiger partial charge in [0.15, 0.2) is 6.10 Å². The summed E-state index contributed by atoms with van der Waals surface area (Å²) in [4.78, 5) is 18.4. The van der Waals surface area contributed by atoms with E-state index < -0.39 is 6.10 Å². The van der Waals surface area contributed by atoms with Crippen LogP contribution in [0.15, 0.2) is 60.8 Å². The number of amides is 1. The third-order valence-electron chi connectivity index (χ3n) is 4.11. The number of nitrogens with zero attached hydrogens (tertiary/aromatic N) is 2. The van der Waals surface area contributed by atoms with Crippen LogP contribution in [0.1, 0.15) is 17.2 Å².